The number of ether oxygens (including phenoxy) is 1. The van der Waals surface area contributed by atoms with Crippen LogP contribution in [0.3, 0.4) is 0 Å². The summed E-state index contributed by atoms with van der Waals surface area (Å²) in [5.41, 5.74) is 0. The van der Waals surface area contributed by atoms with Crippen LogP contribution in [-0.2, 0) is 16.4 Å². The van der Waals surface area contributed by atoms with Crippen LogP contribution in [0.15, 0.2) is 35.5 Å². The number of H-pyrrole nitrogens is 1. The van der Waals surface area contributed by atoms with Gasteiger partial charge in [0, 0.05) is 13.0 Å². The zero-order chi connectivity index (χ0) is 13.7. The maximum absolute atomic E-state index is 12.1. The van der Waals surface area contributed by atoms with Crippen molar-refractivity contribution in [3.63, 3.8) is 0 Å². The summed E-state index contributed by atoms with van der Waals surface area (Å²) in [6.45, 7) is 0.232. The van der Waals surface area contributed by atoms with Crippen LogP contribution in [0.5, 0.6) is 5.75 Å². The maximum atomic E-state index is 12.1. The molecule has 0 aliphatic carbocycles. The topological polar surface area (TPSA) is 97.0 Å². The zero-order valence-electron chi connectivity index (χ0n) is 10.3. The Bertz CT molecular complexity index is 625. The monoisotopic (exact) mass is 282 g/mol. The lowest BCUT2D eigenvalue weighted by atomic mass is 10.3. The van der Waals surface area contributed by atoms with Gasteiger partial charge in [-0.2, -0.15) is 5.10 Å². The summed E-state index contributed by atoms with van der Waals surface area (Å²) < 4.78 is 31.7. The van der Waals surface area contributed by atoms with E-state index < -0.39 is 10.0 Å². The quantitative estimate of drug-likeness (QED) is 0.796. The van der Waals surface area contributed by atoms with Crippen molar-refractivity contribution in [2.24, 2.45) is 0 Å². The molecule has 0 aliphatic rings. The highest BCUT2D eigenvalue weighted by atomic mass is 32.2. The summed E-state index contributed by atoms with van der Waals surface area (Å²) >= 11 is 0. The Balaban J connectivity index is 2.05. The molecular weight excluding hydrogens is 268 g/mol. The van der Waals surface area contributed by atoms with Crippen LogP contribution in [0.25, 0.3) is 0 Å². The first kappa shape index (κ1) is 13.5. The third kappa shape index (κ3) is 3.30. The van der Waals surface area contributed by atoms with Crippen LogP contribution in [0.2, 0.25) is 0 Å². The highest BCUT2D eigenvalue weighted by molar-refractivity contribution is 7.89. The second-order valence-corrected chi connectivity index (χ2v) is 5.47. The van der Waals surface area contributed by atoms with Crippen LogP contribution in [0.1, 0.15) is 5.82 Å². The standard InChI is InChI=1S/C11H14N4O3S/c1-18-9-4-2-3-5-10(9)19(16,17)14-7-6-11-12-8-13-15-11/h2-5,8,14H,6-7H2,1H3,(H,12,13,15). The Morgan fingerprint density at radius 2 is 2.16 bits per heavy atom. The molecule has 0 spiro atoms. The van der Waals surface area contributed by atoms with Crippen molar-refractivity contribution in [1.29, 1.82) is 0 Å². The van der Waals surface area contributed by atoms with E-state index in [2.05, 4.69) is 19.9 Å². The van der Waals surface area contributed by atoms with Crippen LogP contribution in [0, 0.1) is 0 Å². The van der Waals surface area contributed by atoms with Crippen molar-refractivity contribution >= 4 is 10.0 Å². The molecule has 1 heterocycles. The number of nitrogens with one attached hydrogen (secondary N) is 2. The molecule has 2 aromatic rings. The Morgan fingerprint density at radius 3 is 2.84 bits per heavy atom. The van der Waals surface area contributed by atoms with E-state index in [4.69, 9.17) is 4.74 Å². The number of nitrogens with zero attached hydrogens (tertiary/aromatic N) is 2. The smallest absolute Gasteiger partial charge is 0.244 e. The van der Waals surface area contributed by atoms with Gasteiger partial charge in [0.15, 0.2) is 0 Å². The number of hydrogen-bond acceptors (Lipinski definition) is 5. The van der Waals surface area contributed by atoms with Crippen LogP contribution in [0.4, 0.5) is 0 Å². The third-order valence-electron chi connectivity index (χ3n) is 2.48. The van der Waals surface area contributed by atoms with Gasteiger partial charge in [-0.15, -0.1) is 0 Å². The van der Waals surface area contributed by atoms with E-state index in [-0.39, 0.29) is 11.4 Å². The number of aromatic amines is 1. The molecule has 0 unspecified atom stereocenters. The second kappa shape index (κ2) is 5.81. The van der Waals surface area contributed by atoms with E-state index in [9.17, 15) is 8.42 Å². The largest absolute Gasteiger partial charge is 0.495 e. The number of benzene rings is 1. The molecule has 0 aliphatic heterocycles. The molecule has 2 N–H and O–H groups in total. The highest BCUT2D eigenvalue weighted by Crippen LogP contribution is 2.22. The van der Waals surface area contributed by atoms with Gasteiger partial charge in [0.2, 0.25) is 10.0 Å². The van der Waals surface area contributed by atoms with Crippen molar-refractivity contribution in [1.82, 2.24) is 19.9 Å². The molecule has 1 aromatic heterocycles. The Kier molecular flexibility index (Phi) is 4.13. The first-order chi connectivity index (χ1) is 9.13. The molecule has 0 saturated carbocycles. The van der Waals surface area contributed by atoms with E-state index >= 15 is 0 Å². The second-order valence-electron chi connectivity index (χ2n) is 3.73. The Morgan fingerprint density at radius 1 is 1.37 bits per heavy atom. The molecule has 102 valence electrons. The number of aromatic nitrogens is 3. The number of rotatable bonds is 6. The molecule has 0 atom stereocenters. The summed E-state index contributed by atoms with van der Waals surface area (Å²) in [4.78, 5) is 4.04. The fourth-order valence-electron chi connectivity index (χ4n) is 1.57. The fraction of sp³-hybridized carbons (Fsp3) is 0.273. The van der Waals surface area contributed by atoms with Crippen LogP contribution in [-0.4, -0.2) is 37.3 Å². The number of sulfonamides is 1. The van der Waals surface area contributed by atoms with E-state index in [1.165, 1.54) is 19.5 Å². The van der Waals surface area contributed by atoms with Gasteiger partial charge in [0.25, 0.3) is 0 Å². The zero-order valence-corrected chi connectivity index (χ0v) is 11.1. The molecule has 0 fully saturated rings. The van der Waals surface area contributed by atoms with Gasteiger partial charge in [-0.05, 0) is 12.1 Å². The van der Waals surface area contributed by atoms with Crippen molar-refractivity contribution in [3.8, 4) is 5.75 Å². The lowest BCUT2D eigenvalue weighted by molar-refractivity contribution is 0.402. The normalized spacial score (nSPS) is 11.4. The summed E-state index contributed by atoms with van der Waals surface area (Å²) in [7, 11) is -2.16. The number of para-hydroxylation sites is 1. The lowest BCUT2D eigenvalue weighted by Gasteiger charge is -2.09. The SMILES string of the molecule is COc1ccccc1S(=O)(=O)NCCc1ncn[nH]1. The molecule has 0 amide bonds. The van der Waals surface area contributed by atoms with Crippen molar-refractivity contribution in [3.05, 3.63) is 36.4 Å². The van der Waals surface area contributed by atoms with E-state index in [0.717, 1.165) is 0 Å². The molecule has 8 heteroatoms. The molecule has 0 radical (unpaired) electrons. The van der Waals surface area contributed by atoms with Crippen molar-refractivity contribution in [2.75, 3.05) is 13.7 Å². The number of hydrogen-bond donors (Lipinski definition) is 2. The molecule has 7 nitrogen and oxygen atoms in total. The molecule has 1 aromatic carbocycles. The predicted octanol–water partition coefficient (Wildman–Crippen LogP) is 0.334. The van der Waals surface area contributed by atoms with Crippen LogP contribution < -0.4 is 9.46 Å². The number of methoxy groups -OCH3 is 1. The van der Waals surface area contributed by atoms with Gasteiger partial charge in [-0.3, -0.25) is 5.10 Å². The van der Waals surface area contributed by atoms with E-state index in [1.54, 1.807) is 18.2 Å². The Labute approximate surface area is 111 Å². The van der Waals surface area contributed by atoms with E-state index in [1.807, 2.05) is 0 Å². The summed E-state index contributed by atoms with van der Waals surface area (Å²) in [6, 6.07) is 6.46. The van der Waals surface area contributed by atoms with Gasteiger partial charge >= 0.3 is 0 Å². The lowest BCUT2D eigenvalue weighted by Crippen LogP contribution is -2.26. The Hall–Kier alpha value is -1.93. The average molecular weight is 282 g/mol. The van der Waals surface area contributed by atoms with E-state index in [0.29, 0.717) is 18.0 Å². The molecular formula is C11H14N4O3S. The van der Waals surface area contributed by atoms with Gasteiger partial charge in [0.1, 0.15) is 22.8 Å². The summed E-state index contributed by atoms with van der Waals surface area (Å²) in [6.07, 6.45) is 1.82. The summed E-state index contributed by atoms with van der Waals surface area (Å²) in [5, 5.41) is 6.35. The van der Waals surface area contributed by atoms with Gasteiger partial charge in [0.05, 0.1) is 7.11 Å². The minimum absolute atomic E-state index is 0.120. The first-order valence-corrected chi connectivity index (χ1v) is 7.09. The highest BCUT2D eigenvalue weighted by Gasteiger charge is 2.18. The molecule has 19 heavy (non-hydrogen) atoms. The van der Waals surface area contributed by atoms with Crippen molar-refractivity contribution in [2.45, 2.75) is 11.3 Å². The third-order valence-corrected chi connectivity index (χ3v) is 3.98. The molecule has 2 rings (SSSR count). The fourth-order valence-corrected chi connectivity index (χ4v) is 2.77. The molecule has 0 saturated heterocycles. The van der Waals surface area contributed by atoms with Gasteiger partial charge in [-0.1, -0.05) is 12.1 Å². The minimum atomic E-state index is -3.59. The first-order valence-electron chi connectivity index (χ1n) is 5.60. The van der Waals surface area contributed by atoms with Crippen molar-refractivity contribution < 1.29 is 13.2 Å². The molecule has 0 bridgehead atoms. The average Bonchev–Trinajstić information content (AvgIpc) is 2.91. The predicted molar refractivity (Wildman–Crippen MR) is 68.3 cm³/mol. The summed E-state index contributed by atoms with van der Waals surface area (Å²) in [5.74, 6) is 0.942. The van der Waals surface area contributed by atoms with Crippen LogP contribution >= 0.6 is 0 Å². The minimum Gasteiger partial charge on any atom is -0.495 e. The van der Waals surface area contributed by atoms with Gasteiger partial charge in [-0.25, -0.2) is 18.1 Å². The maximum Gasteiger partial charge on any atom is 0.244 e. The van der Waals surface area contributed by atoms with Gasteiger partial charge < -0.3 is 4.74 Å².